The maximum Gasteiger partial charge on any atom is 0.271 e. The fourth-order valence-corrected chi connectivity index (χ4v) is 2.89. The molecular formula is C23H27N5O2. The number of nitrogens with one attached hydrogen (secondary N) is 3. The first kappa shape index (κ1) is 21.2. The zero-order valence-corrected chi connectivity index (χ0v) is 17.9. The van der Waals surface area contributed by atoms with Crippen molar-refractivity contribution in [2.45, 2.75) is 46.1 Å². The second-order valence-corrected chi connectivity index (χ2v) is 8.48. The van der Waals surface area contributed by atoms with E-state index in [0.29, 0.717) is 22.8 Å². The molecule has 0 spiro atoms. The highest BCUT2D eigenvalue weighted by molar-refractivity contribution is 6.04. The molecule has 7 heteroatoms. The van der Waals surface area contributed by atoms with E-state index in [1.165, 1.54) is 0 Å². The highest BCUT2D eigenvalue weighted by atomic mass is 16.2. The van der Waals surface area contributed by atoms with Gasteiger partial charge in [-0.1, -0.05) is 32.9 Å². The number of amides is 1. The zero-order chi connectivity index (χ0) is 21.9. The van der Waals surface area contributed by atoms with E-state index in [4.69, 9.17) is 0 Å². The number of hydrogen-bond donors (Lipinski definition) is 3. The number of anilines is 2. The molecule has 0 unspecified atom stereocenters. The molecule has 156 valence electrons. The Hall–Kier alpha value is -3.48. The molecule has 2 aromatic heterocycles. The zero-order valence-electron chi connectivity index (χ0n) is 17.9. The van der Waals surface area contributed by atoms with Crippen molar-refractivity contribution >= 4 is 17.5 Å². The molecule has 3 aromatic rings. The molecule has 0 saturated heterocycles. The molecule has 3 rings (SSSR count). The number of nitrogens with zero attached hydrogens (tertiary/aromatic N) is 2. The number of benzene rings is 1. The molecule has 0 fully saturated rings. The lowest BCUT2D eigenvalue weighted by molar-refractivity contribution is 0.102. The molecule has 7 nitrogen and oxygen atoms in total. The van der Waals surface area contributed by atoms with Crippen LogP contribution in [-0.2, 0) is 5.41 Å². The molecule has 0 aliphatic heterocycles. The van der Waals surface area contributed by atoms with Crippen molar-refractivity contribution in [2.75, 3.05) is 10.6 Å². The lowest BCUT2D eigenvalue weighted by Gasteiger charge is -2.19. The second-order valence-electron chi connectivity index (χ2n) is 8.48. The van der Waals surface area contributed by atoms with Crippen LogP contribution >= 0.6 is 0 Å². The Bertz CT molecular complexity index is 1100. The van der Waals surface area contributed by atoms with E-state index in [2.05, 4.69) is 46.4 Å². The summed E-state index contributed by atoms with van der Waals surface area (Å²) in [5.41, 5.74) is 2.70. The fourth-order valence-electron chi connectivity index (χ4n) is 2.89. The summed E-state index contributed by atoms with van der Waals surface area (Å²) in [6, 6.07) is 10.9. The molecule has 3 N–H and O–H groups in total. The van der Waals surface area contributed by atoms with Gasteiger partial charge in [-0.05, 0) is 49.1 Å². The van der Waals surface area contributed by atoms with Crippen LogP contribution in [0.5, 0.6) is 0 Å². The van der Waals surface area contributed by atoms with Gasteiger partial charge in [0.15, 0.2) is 0 Å². The van der Waals surface area contributed by atoms with Crippen molar-refractivity contribution in [3.8, 4) is 11.3 Å². The predicted octanol–water partition coefficient (Wildman–Crippen LogP) is 4.20. The summed E-state index contributed by atoms with van der Waals surface area (Å²) in [6.07, 6.45) is 3.21. The molecule has 0 radical (unpaired) electrons. The maximum atomic E-state index is 12.7. The third-order valence-electron chi connectivity index (χ3n) is 4.53. The van der Waals surface area contributed by atoms with E-state index in [0.717, 1.165) is 5.56 Å². The molecule has 0 atom stereocenters. The standard InChI is InChI=1S/C23H27N5O2/c1-14(2)26-22-24-11-10-18(28-22)16-12-19(21(30)25-13-16)27-20(29)15-6-8-17(9-7-15)23(3,4)5/h6-14H,1-5H3,(H,25,30)(H,27,29)(H,24,26,28). The quantitative estimate of drug-likeness (QED) is 0.591. The normalized spacial score (nSPS) is 11.4. The minimum atomic E-state index is -0.381. The van der Waals surface area contributed by atoms with Gasteiger partial charge in [0.2, 0.25) is 5.95 Å². The van der Waals surface area contributed by atoms with Crippen molar-refractivity contribution in [1.29, 1.82) is 0 Å². The van der Waals surface area contributed by atoms with Gasteiger partial charge in [-0.2, -0.15) is 0 Å². The van der Waals surface area contributed by atoms with Gasteiger partial charge < -0.3 is 15.6 Å². The van der Waals surface area contributed by atoms with E-state index in [1.807, 2.05) is 26.0 Å². The minimum Gasteiger partial charge on any atom is -0.352 e. The average Bonchev–Trinajstić information content (AvgIpc) is 2.69. The Kier molecular flexibility index (Phi) is 6.01. The van der Waals surface area contributed by atoms with E-state index in [9.17, 15) is 9.59 Å². The van der Waals surface area contributed by atoms with Crippen molar-refractivity contribution in [2.24, 2.45) is 0 Å². The average molecular weight is 406 g/mol. The first-order valence-electron chi connectivity index (χ1n) is 9.88. The smallest absolute Gasteiger partial charge is 0.271 e. The number of aromatic nitrogens is 3. The first-order chi connectivity index (χ1) is 14.1. The van der Waals surface area contributed by atoms with E-state index in [-0.39, 0.29) is 28.6 Å². The van der Waals surface area contributed by atoms with Crippen LogP contribution in [0.2, 0.25) is 0 Å². The summed E-state index contributed by atoms with van der Waals surface area (Å²) in [5, 5.41) is 5.85. The van der Waals surface area contributed by atoms with Crippen LogP contribution < -0.4 is 16.2 Å². The summed E-state index contributed by atoms with van der Waals surface area (Å²) >= 11 is 0. The molecule has 0 bridgehead atoms. The number of H-pyrrole nitrogens is 1. The Morgan fingerprint density at radius 2 is 1.80 bits per heavy atom. The van der Waals surface area contributed by atoms with Crippen molar-refractivity contribution in [1.82, 2.24) is 15.0 Å². The fraction of sp³-hybridized carbons (Fsp3) is 0.304. The van der Waals surface area contributed by atoms with Crippen LogP contribution in [0, 0.1) is 0 Å². The van der Waals surface area contributed by atoms with Crippen LogP contribution in [-0.4, -0.2) is 26.9 Å². The topological polar surface area (TPSA) is 99.8 Å². The molecule has 2 heterocycles. The lowest BCUT2D eigenvalue weighted by atomic mass is 9.87. The lowest BCUT2D eigenvalue weighted by Crippen LogP contribution is -2.20. The van der Waals surface area contributed by atoms with Crippen molar-refractivity contribution < 1.29 is 4.79 Å². The van der Waals surface area contributed by atoms with Crippen LogP contribution in [0.4, 0.5) is 11.6 Å². The predicted molar refractivity (Wildman–Crippen MR) is 120 cm³/mol. The van der Waals surface area contributed by atoms with Gasteiger partial charge in [-0.15, -0.1) is 0 Å². The van der Waals surface area contributed by atoms with Gasteiger partial charge in [0, 0.05) is 29.6 Å². The van der Waals surface area contributed by atoms with Crippen LogP contribution in [0.15, 0.2) is 53.6 Å². The Morgan fingerprint density at radius 3 is 2.43 bits per heavy atom. The SMILES string of the molecule is CC(C)Nc1nccc(-c2c[nH]c(=O)c(NC(=O)c3ccc(C(C)(C)C)cc3)c2)n1. The number of pyridine rings is 1. The van der Waals surface area contributed by atoms with E-state index in [1.54, 1.807) is 36.7 Å². The van der Waals surface area contributed by atoms with Gasteiger partial charge >= 0.3 is 0 Å². The highest BCUT2D eigenvalue weighted by Gasteiger charge is 2.15. The van der Waals surface area contributed by atoms with Gasteiger partial charge in [0.1, 0.15) is 5.69 Å². The molecule has 0 aliphatic carbocycles. The molecule has 0 aliphatic rings. The number of rotatable bonds is 5. The van der Waals surface area contributed by atoms with Gasteiger partial charge in [-0.3, -0.25) is 9.59 Å². The molecule has 0 saturated carbocycles. The monoisotopic (exact) mass is 405 g/mol. The largest absolute Gasteiger partial charge is 0.352 e. The molecular weight excluding hydrogens is 378 g/mol. The molecule has 1 amide bonds. The van der Waals surface area contributed by atoms with Gasteiger partial charge in [0.25, 0.3) is 11.5 Å². The minimum absolute atomic E-state index is 0.00130. The Balaban J connectivity index is 1.84. The Morgan fingerprint density at radius 1 is 1.10 bits per heavy atom. The third-order valence-corrected chi connectivity index (χ3v) is 4.53. The van der Waals surface area contributed by atoms with Crippen LogP contribution in [0.25, 0.3) is 11.3 Å². The summed E-state index contributed by atoms with van der Waals surface area (Å²) in [5.74, 6) is 0.154. The van der Waals surface area contributed by atoms with Gasteiger partial charge in [-0.25, -0.2) is 9.97 Å². The first-order valence-corrected chi connectivity index (χ1v) is 9.88. The number of aromatic amines is 1. The number of hydrogen-bond acceptors (Lipinski definition) is 5. The third kappa shape index (κ3) is 5.11. The molecule has 30 heavy (non-hydrogen) atoms. The summed E-state index contributed by atoms with van der Waals surface area (Å²) in [4.78, 5) is 36.2. The number of carbonyl (C=O) groups excluding carboxylic acids is 1. The maximum absolute atomic E-state index is 12.7. The van der Waals surface area contributed by atoms with Crippen LogP contribution in [0.1, 0.15) is 50.5 Å². The second kappa shape index (κ2) is 8.49. The van der Waals surface area contributed by atoms with E-state index >= 15 is 0 Å². The van der Waals surface area contributed by atoms with E-state index < -0.39 is 0 Å². The van der Waals surface area contributed by atoms with Crippen molar-refractivity contribution in [3.63, 3.8) is 0 Å². The summed E-state index contributed by atoms with van der Waals surface area (Å²) < 4.78 is 0. The van der Waals surface area contributed by atoms with Crippen LogP contribution in [0.3, 0.4) is 0 Å². The molecule has 1 aromatic carbocycles. The summed E-state index contributed by atoms with van der Waals surface area (Å²) in [6.45, 7) is 10.3. The highest BCUT2D eigenvalue weighted by Crippen LogP contribution is 2.23. The Labute approximate surface area is 176 Å². The van der Waals surface area contributed by atoms with Gasteiger partial charge in [0.05, 0.1) is 5.69 Å². The number of carbonyl (C=O) groups is 1. The summed E-state index contributed by atoms with van der Waals surface area (Å²) in [7, 11) is 0. The van der Waals surface area contributed by atoms with Crippen molar-refractivity contribution in [3.05, 3.63) is 70.3 Å².